The highest BCUT2D eigenvalue weighted by Gasteiger charge is 2.37. The summed E-state index contributed by atoms with van der Waals surface area (Å²) < 4.78 is 14.3. The van der Waals surface area contributed by atoms with Gasteiger partial charge >= 0.3 is 0 Å². The van der Waals surface area contributed by atoms with Gasteiger partial charge in [-0.2, -0.15) is 0 Å². The molecule has 2 rings (SSSR count). The van der Waals surface area contributed by atoms with Crippen LogP contribution < -0.4 is 0 Å². The Balaban J connectivity index is 2.20. The number of likely N-dealkylation sites (tertiary alicyclic amines) is 1. The normalized spacial score (nSPS) is 17.8. The lowest BCUT2D eigenvalue weighted by Gasteiger charge is -2.26. The summed E-state index contributed by atoms with van der Waals surface area (Å²) in [6.07, 6.45) is 3.14. The molecule has 2 nitrogen and oxygen atoms in total. The van der Waals surface area contributed by atoms with Crippen molar-refractivity contribution in [3.63, 3.8) is 0 Å². The van der Waals surface area contributed by atoms with Crippen LogP contribution in [0.15, 0.2) is 22.7 Å². The van der Waals surface area contributed by atoms with Crippen LogP contribution in [0.3, 0.4) is 0 Å². The molecule has 1 aliphatic heterocycles. The minimum atomic E-state index is -0.460. The Labute approximate surface area is 122 Å². The molecule has 19 heavy (non-hydrogen) atoms. The van der Waals surface area contributed by atoms with Crippen LogP contribution in [0.4, 0.5) is 4.39 Å². The van der Waals surface area contributed by atoms with Crippen LogP contribution in [0.5, 0.6) is 0 Å². The first-order valence-electron chi connectivity index (χ1n) is 6.76. The van der Waals surface area contributed by atoms with Crippen molar-refractivity contribution in [2.75, 3.05) is 13.1 Å². The molecule has 0 spiro atoms. The van der Waals surface area contributed by atoms with Gasteiger partial charge in [0.1, 0.15) is 5.82 Å². The van der Waals surface area contributed by atoms with Crippen LogP contribution in [0.2, 0.25) is 0 Å². The second-order valence-electron chi connectivity index (χ2n) is 5.29. The number of rotatable bonds is 3. The lowest BCUT2D eigenvalue weighted by molar-refractivity contribution is 0.0765. The van der Waals surface area contributed by atoms with Gasteiger partial charge in [-0.3, -0.25) is 4.79 Å². The summed E-state index contributed by atoms with van der Waals surface area (Å²) >= 11 is 3.13. The van der Waals surface area contributed by atoms with Gasteiger partial charge in [-0.05, 0) is 52.7 Å². The van der Waals surface area contributed by atoms with Crippen molar-refractivity contribution >= 4 is 21.8 Å². The molecule has 1 heterocycles. The molecule has 104 valence electrons. The van der Waals surface area contributed by atoms with Gasteiger partial charge in [-0.25, -0.2) is 4.39 Å². The summed E-state index contributed by atoms with van der Waals surface area (Å²) in [6.45, 7) is 5.80. The minimum absolute atomic E-state index is 0.164. The van der Waals surface area contributed by atoms with Crippen molar-refractivity contribution in [3.05, 3.63) is 34.1 Å². The molecule has 1 fully saturated rings. The van der Waals surface area contributed by atoms with Crippen molar-refractivity contribution in [1.29, 1.82) is 0 Å². The predicted octanol–water partition coefficient (Wildman–Crippen LogP) is 4.24. The first-order chi connectivity index (χ1) is 9.03. The molecule has 0 aromatic heterocycles. The molecule has 0 atom stereocenters. The van der Waals surface area contributed by atoms with E-state index in [-0.39, 0.29) is 16.9 Å². The summed E-state index contributed by atoms with van der Waals surface area (Å²) in [7, 11) is 0. The molecule has 0 aliphatic carbocycles. The molecule has 1 aromatic carbocycles. The van der Waals surface area contributed by atoms with Gasteiger partial charge in [0.25, 0.3) is 5.91 Å². The van der Waals surface area contributed by atoms with Crippen LogP contribution in [0.25, 0.3) is 0 Å². The van der Waals surface area contributed by atoms with Crippen LogP contribution in [-0.4, -0.2) is 23.9 Å². The number of carbonyl (C=O) groups excluding carboxylic acids is 1. The fourth-order valence-electron chi connectivity index (χ4n) is 2.77. The second-order valence-corrected chi connectivity index (χ2v) is 6.14. The van der Waals surface area contributed by atoms with Crippen molar-refractivity contribution in [2.45, 2.75) is 33.1 Å². The zero-order chi connectivity index (χ0) is 14.0. The average molecular weight is 328 g/mol. The highest BCUT2D eigenvalue weighted by molar-refractivity contribution is 9.10. The van der Waals surface area contributed by atoms with Gasteiger partial charge < -0.3 is 4.90 Å². The molecule has 0 bridgehead atoms. The van der Waals surface area contributed by atoms with E-state index in [1.54, 1.807) is 23.1 Å². The Hall–Kier alpha value is -0.900. The Morgan fingerprint density at radius 3 is 2.68 bits per heavy atom. The molecular formula is C15H19BrFNO. The molecule has 0 unspecified atom stereocenters. The Kier molecular flexibility index (Phi) is 4.29. The lowest BCUT2D eigenvalue weighted by atomic mass is 9.82. The average Bonchev–Trinajstić information content (AvgIpc) is 2.86. The number of benzene rings is 1. The van der Waals surface area contributed by atoms with Gasteiger partial charge in [0, 0.05) is 13.1 Å². The lowest BCUT2D eigenvalue weighted by Crippen LogP contribution is -2.32. The van der Waals surface area contributed by atoms with Crippen LogP contribution in [0.1, 0.15) is 43.5 Å². The molecule has 1 aromatic rings. The van der Waals surface area contributed by atoms with Gasteiger partial charge in [-0.1, -0.05) is 19.9 Å². The van der Waals surface area contributed by atoms with E-state index in [1.807, 2.05) is 0 Å². The van der Waals surface area contributed by atoms with E-state index in [2.05, 4.69) is 29.8 Å². The molecule has 4 heteroatoms. The summed E-state index contributed by atoms with van der Waals surface area (Å²) in [5.41, 5.74) is 0.385. The van der Waals surface area contributed by atoms with Gasteiger partial charge in [0.15, 0.2) is 0 Å². The maximum Gasteiger partial charge on any atom is 0.256 e. The van der Waals surface area contributed by atoms with Crippen LogP contribution >= 0.6 is 15.9 Å². The number of hydrogen-bond acceptors (Lipinski definition) is 1. The number of carbonyl (C=O) groups is 1. The first-order valence-corrected chi connectivity index (χ1v) is 7.55. The summed E-state index contributed by atoms with van der Waals surface area (Å²) in [6, 6.07) is 4.86. The molecule has 1 saturated heterocycles. The van der Waals surface area contributed by atoms with E-state index in [0.717, 1.165) is 32.4 Å². The highest BCUT2D eigenvalue weighted by atomic mass is 79.9. The molecular weight excluding hydrogens is 309 g/mol. The van der Waals surface area contributed by atoms with E-state index in [4.69, 9.17) is 0 Å². The maximum atomic E-state index is 14.0. The number of hydrogen-bond donors (Lipinski definition) is 0. The minimum Gasteiger partial charge on any atom is -0.338 e. The Morgan fingerprint density at radius 1 is 1.42 bits per heavy atom. The zero-order valence-electron chi connectivity index (χ0n) is 11.4. The number of amides is 1. The SMILES string of the molecule is CCC1(CC)CCN(C(=O)c2cccc(Br)c2F)C1. The van der Waals surface area contributed by atoms with Gasteiger partial charge in [-0.15, -0.1) is 0 Å². The quantitative estimate of drug-likeness (QED) is 0.813. The summed E-state index contributed by atoms with van der Waals surface area (Å²) in [5, 5.41) is 0. The zero-order valence-corrected chi connectivity index (χ0v) is 13.0. The third-order valence-electron chi connectivity index (χ3n) is 4.41. The van der Waals surface area contributed by atoms with E-state index in [0.29, 0.717) is 4.47 Å². The van der Waals surface area contributed by atoms with E-state index >= 15 is 0 Å². The third-order valence-corrected chi connectivity index (χ3v) is 5.02. The monoisotopic (exact) mass is 327 g/mol. The summed E-state index contributed by atoms with van der Waals surface area (Å²) in [5.74, 6) is -0.652. The van der Waals surface area contributed by atoms with Crippen molar-refractivity contribution < 1.29 is 9.18 Å². The van der Waals surface area contributed by atoms with Gasteiger partial charge in [0.2, 0.25) is 0 Å². The molecule has 0 saturated carbocycles. The smallest absolute Gasteiger partial charge is 0.256 e. The maximum absolute atomic E-state index is 14.0. The largest absolute Gasteiger partial charge is 0.338 e. The highest BCUT2D eigenvalue weighted by Crippen LogP contribution is 2.37. The first kappa shape index (κ1) is 14.5. The molecule has 0 radical (unpaired) electrons. The fraction of sp³-hybridized carbons (Fsp3) is 0.533. The van der Waals surface area contributed by atoms with E-state index in [1.165, 1.54) is 0 Å². The second kappa shape index (κ2) is 5.61. The standard InChI is InChI=1S/C15H19BrFNO/c1-3-15(4-2)8-9-18(10-15)14(19)11-6-5-7-12(16)13(11)17/h5-7H,3-4,8-10H2,1-2H3. The van der Waals surface area contributed by atoms with E-state index in [9.17, 15) is 9.18 Å². The Bertz CT molecular complexity index is 485. The molecule has 0 N–H and O–H groups in total. The predicted molar refractivity (Wildman–Crippen MR) is 77.6 cm³/mol. The van der Waals surface area contributed by atoms with Gasteiger partial charge in [0.05, 0.1) is 10.0 Å². The topological polar surface area (TPSA) is 20.3 Å². The number of halogens is 2. The van der Waals surface area contributed by atoms with Crippen LogP contribution in [-0.2, 0) is 0 Å². The summed E-state index contributed by atoms with van der Waals surface area (Å²) in [4.78, 5) is 14.2. The van der Waals surface area contributed by atoms with Crippen molar-refractivity contribution in [2.24, 2.45) is 5.41 Å². The Morgan fingerprint density at radius 2 is 2.11 bits per heavy atom. The fourth-order valence-corrected chi connectivity index (χ4v) is 3.14. The number of nitrogens with zero attached hydrogens (tertiary/aromatic N) is 1. The molecule has 1 amide bonds. The van der Waals surface area contributed by atoms with Crippen molar-refractivity contribution in [3.8, 4) is 0 Å². The molecule has 1 aliphatic rings. The van der Waals surface area contributed by atoms with Crippen LogP contribution in [0, 0.1) is 11.2 Å². The third kappa shape index (κ3) is 2.69. The van der Waals surface area contributed by atoms with Crippen molar-refractivity contribution in [1.82, 2.24) is 4.90 Å². The van der Waals surface area contributed by atoms with E-state index < -0.39 is 5.82 Å².